The van der Waals surface area contributed by atoms with Crippen molar-refractivity contribution in [3.63, 3.8) is 0 Å². The fraction of sp³-hybridized carbons (Fsp3) is 0.231. The van der Waals surface area contributed by atoms with Gasteiger partial charge in [0.25, 0.3) is 0 Å². The van der Waals surface area contributed by atoms with Gasteiger partial charge >= 0.3 is 0 Å². The Bertz CT molecular complexity index is 632. The lowest BCUT2D eigenvalue weighted by Crippen LogP contribution is -2.05. The molecule has 0 saturated carbocycles. The van der Waals surface area contributed by atoms with Gasteiger partial charge in [-0.3, -0.25) is 0 Å². The van der Waals surface area contributed by atoms with Crippen molar-refractivity contribution in [2.24, 2.45) is 0 Å². The van der Waals surface area contributed by atoms with Crippen molar-refractivity contribution < 1.29 is 5.11 Å². The second-order valence-corrected chi connectivity index (χ2v) is 4.62. The first-order chi connectivity index (χ1) is 9.72. The summed E-state index contributed by atoms with van der Waals surface area (Å²) in [5, 5.41) is 18.5. The summed E-state index contributed by atoms with van der Waals surface area (Å²) in [7, 11) is 0. The van der Waals surface area contributed by atoms with Crippen LogP contribution in [0.3, 0.4) is 0 Å². The van der Waals surface area contributed by atoms with Crippen LogP contribution >= 0.6 is 0 Å². The molecule has 7 heteroatoms. The van der Waals surface area contributed by atoms with E-state index >= 15 is 0 Å². The molecule has 7 nitrogen and oxygen atoms in total. The molecule has 0 aliphatic heterocycles. The molecule has 102 valence electrons. The van der Waals surface area contributed by atoms with Crippen molar-refractivity contribution in [3.8, 4) is 5.75 Å². The summed E-state index contributed by atoms with van der Waals surface area (Å²) in [4.78, 5) is 7.80. The number of phenols is 1. The highest BCUT2D eigenvalue weighted by atomic mass is 16.3. The largest absolute Gasteiger partial charge is 0.507 e. The molecule has 0 unspecified atom stereocenters. The Hall–Kier alpha value is -2.70. The minimum absolute atomic E-state index is 0.265. The van der Waals surface area contributed by atoms with E-state index in [0.717, 1.165) is 16.7 Å². The number of hydrogen-bond donors (Lipinski definition) is 1. The molecule has 0 fully saturated rings. The van der Waals surface area contributed by atoms with E-state index in [0.29, 0.717) is 13.1 Å². The molecule has 20 heavy (non-hydrogen) atoms. The van der Waals surface area contributed by atoms with Gasteiger partial charge in [0.1, 0.15) is 31.1 Å². The van der Waals surface area contributed by atoms with Gasteiger partial charge < -0.3 is 5.11 Å². The third-order valence-corrected chi connectivity index (χ3v) is 3.01. The van der Waals surface area contributed by atoms with Crippen molar-refractivity contribution in [1.29, 1.82) is 0 Å². The van der Waals surface area contributed by atoms with Gasteiger partial charge in [-0.15, -0.1) is 0 Å². The Kier molecular flexibility index (Phi) is 3.16. The lowest BCUT2D eigenvalue weighted by atomic mass is 10.0. The highest BCUT2D eigenvalue weighted by molar-refractivity contribution is 5.43. The molecule has 0 radical (unpaired) electrons. The Morgan fingerprint density at radius 3 is 1.85 bits per heavy atom. The van der Waals surface area contributed by atoms with Gasteiger partial charge in [0.15, 0.2) is 0 Å². The average Bonchev–Trinajstić information content (AvgIpc) is 3.08. The van der Waals surface area contributed by atoms with Gasteiger partial charge in [-0.05, 0) is 6.92 Å². The van der Waals surface area contributed by atoms with Gasteiger partial charge in [-0.1, -0.05) is 17.7 Å². The fourth-order valence-electron chi connectivity index (χ4n) is 2.15. The molecule has 0 amide bonds. The van der Waals surface area contributed by atoms with Gasteiger partial charge in [0, 0.05) is 11.1 Å². The predicted molar refractivity (Wildman–Crippen MR) is 71.1 cm³/mol. The van der Waals surface area contributed by atoms with Crippen LogP contribution in [0, 0.1) is 6.92 Å². The lowest BCUT2D eigenvalue weighted by molar-refractivity contribution is 0.452. The van der Waals surface area contributed by atoms with E-state index in [4.69, 9.17) is 0 Å². The van der Waals surface area contributed by atoms with E-state index in [9.17, 15) is 5.11 Å². The highest BCUT2D eigenvalue weighted by Gasteiger charge is 2.10. The lowest BCUT2D eigenvalue weighted by Gasteiger charge is -2.11. The molecule has 2 aromatic heterocycles. The Labute approximate surface area is 115 Å². The summed E-state index contributed by atoms with van der Waals surface area (Å²) in [6.07, 6.45) is 6.20. The van der Waals surface area contributed by atoms with E-state index in [1.54, 1.807) is 22.0 Å². The summed E-state index contributed by atoms with van der Waals surface area (Å²) in [5.41, 5.74) is 2.70. The monoisotopic (exact) mass is 270 g/mol. The van der Waals surface area contributed by atoms with Gasteiger partial charge in [0.05, 0.1) is 13.1 Å². The molecule has 3 aromatic rings. The summed E-state index contributed by atoms with van der Waals surface area (Å²) in [5.74, 6) is 0.265. The van der Waals surface area contributed by atoms with E-state index in [1.807, 2.05) is 19.1 Å². The van der Waals surface area contributed by atoms with Crippen molar-refractivity contribution in [1.82, 2.24) is 29.5 Å². The topological polar surface area (TPSA) is 81.6 Å². The molecule has 1 N–H and O–H groups in total. The second-order valence-electron chi connectivity index (χ2n) is 4.62. The Balaban J connectivity index is 1.92. The molecular weight excluding hydrogens is 256 g/mol. The van der Waals surface area contributed by atoms with E-state index in [2.05, 4.69) is 20.2 Å². The number of phenolic OH excluding ortho intramolecular Hbond substituents is 1. The zero-order valence-electron chi connectivity index (χ0n) is 11.0. The molecule has 0 spiro atoms. The van der Waals surface area contributed by atoms with Gasteiger partial charge in [-0.25, -0.2) is 19.3 Å². The summed E-state index contributed by atoms with van der Waals surface area (Å²) in [6, 6.07) is 3.89. The zero-order chi connectivity index (χ0) is 13.9. The van der Waals surface area contributed by atoms with Crippen molar-refractivity contribution in [2.45, 2.75) is 20.0 Å². The normalized spacial score (nSPS) is 10.8. The van der Waals surface area contributed by atoms with E-state index < -0.39 is 0 Å². The maximum absolute atomic E-state index is 10.4. The van der Waals surface area contributed by atoms with Crippen LogP contribution in [0.4, 0.5) is 0 Å². The number of nitrogens with zero attached hydrogens (tertiary/aromatic N) is 6. The van der Waals surface area contributed by atoms with Crippen LogP contribution < -0.4 is 0 Å². The van der Waals surface area contributed by atoms with E-state index in [-0.39, 0.29) is 5.75 Å². The second kappa shape index (κ2) is 5.12. The average molecular weight is 270 g/mol. The molecule has 0 bridgehead atoms. The highest BCUT2D eigenvalue weighted by Crippen LogP contribution is 2.25. The zero-order valence-corrected chi connectivity index (χ0v) is 11.0. The van der Waals surface area contributed by atoms with Crippen molar-refractivity contribution in [2.75, 3.05) is 0 Å². The van der Waals surface area contributed by atoms with Crippen molar-refractivity contribution >= 4 is 0 Å². The van der Waals surface area contributed by atoms with Crippen LogP contribution in [-0.2, 0) is 13.1 Å². The first-order valence-electron chi connectivity index (χ1n) is 6.18. The first kappa shape index (κ1) is 12.3. The third-order valence-electron chi connectivity index (χ3n) is 3.01. The molecule has 3 rings (SSSR count). The maximum Gasteiger partial charge on any atom is 0.137 e. The van der Waals surface area contributed by atoms with Crippen LogP contribution in [0.2, 0.25) is 0 Å². The van der Waals surface area contributed by atoms with Crippen LogP contribution in [0.15, 0.2) is 37.4 Å². The first-order valence-corrected chi connectivity index (χ1v) is 6.18. The quantitative estimate of drug-likeness (QED) is 0.764. The molecule has 0 aliphatic carbocycles. The molecule has 1 aromatic carbocycles. The van der Waals surface area contributed by atoms with Gasteiger partial charge in [-0.2, -0.15) is 10.2 Å². The van der Waals surface area contributed by atoms with Crippen LogP contribution in [0.5, 0.6) is 5.75 Å². The number of benzene rings is 1. The number of aryl methyl sites for hydroxylation is 1. The Morgan fingerprint density at radius 1 is 0.950 bits per heavy atom. The third kappa shape index (κ3) is 2.51. The predicted octanol–water partition coefficient (Wildman–Crippen LogP) is 0.980. The minimum Gasteiger partial charge on any atom is -0.507 e. The summed E-state index contributed by atoms with van der Waals surface area (Å²) < 4.78 is 3.35. The molecule has 0 atom stereocenters. The fourth-order valence-corrected chi connectivity index (χ4v) is 2.15. The van der Waals surface area contributed by atoms with Gasteiger partial charge in [0.2, 0.25) is 0 Å². The Morgan fingerprint density at radius 2 is 1.45 bits per heavy atom. The minimum atomic E-state index is 0.265. The number of hydrogen-bond acceptors (Lipinski definition) is 5. The van der Waals surface area contributed by atoms with Crippen LogP contribution in [0.1, 0.15) is 16.7 Å². The maximum atomic E-state index is 10.4. The SMILES string of the molecule is Cc1cc(Cn2cncn2)c(O)c(Cn2cncn2)c1. The number of rotatable bonds is 4. The standard InChI is InChI=1S/C13H14N6O/c1-10-2-11(4-18-8-14-6-16-18)13(20)12(3-10)5-19-9-15-7-17-19/h2-3,6-9,20H,4-5H2,1H3. The molecule has 0 aliphatic rings. The smallest absolute Gasteiger partial charge is 0.137 e. The van der Waals surface area contributed by atoms with Crippen molar-refractivity contribution in [3.05, 3.63) is 54.1 Å². The molecule has 0 saturated heterocycles. The number of aromatic nitrogens is 6. The summed E-state index contributed by atoms with van der Waals surface area (Å²) in [6.45, 7) is 2.96. The van der Waals surface area contributed by atoms with Crippen LogP contribution in [0.25, 0.3) is 0 Å². The molecule has 2 heterocycles. The van der Waals surface area contributed by atoms with E-state index in [1.165, 1.54) is 12.7 Å². The van der Waals surface area contributed by atoms with Crippen LogP contribution in [-0.4, -0.2) is 34.6 Å². The molecular formula is C13H14N6O. The summed E-state index contributed by atoms with van der Waals surface area (Å²) >= 11 is 0. The number of aromatic hydroxyl groups is 1.